The zero-order valence-corrected chi connectivity index (χ0v) is 11.9. The molecular weight excluding hydrogens is 228 g/mol. The van der Waals surface area contributed by atoms with Crippen LogP contribution in [0.25, 0.3) is 0 Å². The second kappa shape index (κ2) is 7.43. The Morgan fingerprint density at radius 3 is 2.78 bits per heavy atom. The summed E-state index contributed by atoms with van der Waals surface area (Å²) in [6.45, 7) is 8.11. The molecule has 3 atom stereocenters. The summed E-state index contributed by atoms with van der Waals surface area (Å²) in [6.07, 6.45) is 3.72. The van der Waals surface area contributed by atoms with Gasteiger partial charge >= 0.3 is 0 Å². The van der Waals surface area contributed by atoms with Crippen molar-refractivity contribution in [3.63, 3.8) is 0 Å². The van der Waals surface area contributed by atoms with Gasteiger partial charge in [0.25, 0.3) is 0 Å². The highest BCUT2D eigenvalue weighted by Gasteiger charge is 2.22. The molecule has 2 saturated heterocycles. The Kier molecular flexibility index (Phi) is 5.89. The molecule has 1 N–H and O–H groups in total. The summed E-state index contributed by atoms with van der Waals surface area (Å²) in [5, 5.41) is 3.53. The zero-order chi connectivity index (χ0) is 12.8. The first-order valence-electron chi connectivity index (χ1n) is 7.35. The Labute approximate surface area is 111 Å². The van der Waals surface area contributed by atoms with Crippen LogP contribution < -0.4 is 5.32 Å². The Hall–Kier alpha value is -0.160. The molecule has 4 heteroatoms. The van der Waals surface area contributed by atoms with Crippen molar-refractivity contribution in [3.05, 3.63) is 0 Å². The van der Waals surface area contributed by atoms with Crippen LogP contribution in [-0.4, -0.2) is 63.5 Å². The van der Waals surface area contributed by atoms with E-state index in [2.05, 4.69) is 24.2 Å². The average Bonchev–Trinajstić information content (AvgIpc) is 2.41. The fourth-order valence-electron chi connectivity index (χ4n) is 2.90. The number of ether oxygens (including phenoxy) is 2. The fraction of sp³-hybridized carbons (Fsp3) is 1.00. The van der Waals surface area contributed by atoms with Gasteiger partial charge in [-0.3, -0.25) is 0 Å². The lowest BCUT2D eigenvalue weighted by Crippen LogP contribution is -2.46. The van der Waals surface area contributed by atoms with E-state index in [0.717, 1.165) is 45.4 Å². The number of rotatable bonds is 5. The SMILES string of the molecule is CC(CC1COCCN1)N(C)CC1CCCOC1. The molecule has 2 fully saturated rings. The maximum absolute atomic E-state index is 5.55. The van der Waals surface area contributed by atoms with Gasteiger partial charge in [0.05, 0.1) is 19.8 Å². The van der Waals surface area contributed by atoms with E-state index in [9.17, 15) is 0 Å². The average molecular weight is 256 g/mol. The third kappa shape index (κ3) is 4.50. The van der Waals surface area contributed by atoms with E-state index in [4.69, 9.17) is 9.47 Å². The van der Waals surface area contributed by atoms with Gasteiger partial charge in [0, 0.05) is 31.8 Å². The molecule has 18 heavy (non-hydrogen) atoms. The number of hydrogen-bond donors (Lipinski definition) is 1. The molecule has 0 aromatic rings. The highest BCUT2D eigenvalue weighted by molar-refractivity contribution is 4.78. The lowest BCUT2D eigenvalue weighted by atomic mass is 10.00. The highest BCUT2D eigenvalue weighted by atomic mass is 16.5. The summed E-state index contributed by atoms with van der Waals surface area (Å²) in [5.41, 5.74) is 0. The van der Waals surface area contributed by atoms with Crippen LogP contribution in [0.1, 0.15) is 26.2 Å². The van der Waals surface area contributed by atoms with Crippen molar-refractivity contribution < 1.29 is 9.47 Å². The molecule has 0 bridgehead atoms. The van der Waals surface area contributed by atoms with Gasteiger partial charge in [-0.2, -0.15) is 0 Å². The standard InChI is InChI=1S/C14H28N2O2/c1-12(8-14-11-18-7-5-15-14)16(2)9-13-4-3-6-17-10-13/h12-15H,3-11H2,1-2H3. The lowest BCUT2D eigenvalue weighted by molar-refractivity contribution is 0.0313. The Balaban J connectivity index is 1.68. The number of nitrogens with zero attached hydrogens (tertiary/aromatic N) is 1. The molecule has 0 aromatic carbocycles. The van der Waals surface area contributed by atoms with Crippen LogP contribution in [-0.2, 0) is 9.47 Å². The zero-order valence-electron chi connectivity index (χ0n) is 11.9. The molecule has 0 amide bonds. The minimum atomic E-state index is 0.527. The molecule has 0 aliphatic carbocycles. The van der Waals surface area contributed by atoms with Crippen molar-refractivity contribution in [1.82, 2.24) is 10.2 Å². The van der Waals surface area contributed by atoms with Crippen LogP contribution in [0, 0.1) is 5.92 Å². The van der Waals surface area contributed by atoms with Crippen LogP contribution >= 0.6 is 0 Å². The van der Waals surface area contributed by atoms with Crippen LogP contribution in [0.3, 0.4) is 0 Å². The molecule has 2 aliphatic heterocycles. The first-order valence-corrected chi connectivity index (χ1v) is 7.35. The van der Waals surface area contributed by atoms with Gasteiger partial charge in [-0.1, -0.05) is 0 Å². The van der Waals surface area contributed by atoms with E-state index >= 15 is 0 Å². The monoisotopic (exact) mass is 256 g/mol. The fourth-order valence-corrected chi connectivity index (χ4v) is 2.90. The molecular formula is C14H28N2O2. The van der Waals surface area contributed by atoms with Crippen molar-refractivity contribution >= 4 is 0 Å². The molecule has 0 spiro atoms. The van der Waals surface area contributed by atoms with Gasteiger partial charge in [-0.25, -0.2) is 0 Å². The predicted molar refractivity (Wildman–Crippen MR) is 72.9 cm³/mol. The Bertz CT molecular complexity index is 202. The second-order valence-corrected chi connectivity index (χ2v) is 5.83. The van der Waals surface area contributed by atoms with E-state index in [0.29, 0.717) is 12.1 Å². The number of hydrogen-bond acceptors (Lipinski definition) is 4. The van der Waals surface area contributed by atoms with Crippen molar-refractivity contribution in [2.45, 2.75) is 38.3 Å². The van der Waals surface area contributed by atoms with E-state index in [1.165, 1.54) is 19.3 Å². The predicted octanol–water partition coefficient (Wildman–Crippen LogP) is 1.11. The smallest absolute Gasteiger partial charge is 0.0620 e. The van der Waals surface area contributed by atoms with Crippen LogP contribution in [0.4, 0.5) is 0 Å². The van der Waals surface area contributed by atoms with E-state index in [1.807, 2.05) is 0 Å². The normalized spacial score (nSPS) is 31.5. The van der Waals surface area contributed by atoms with E-state index in [1.54, 1.807) is 0 Å². The highest BCUT2D eigenvalue weighted by Crippen LogP contribution is 2.17. The summed E-state index contributed by atoms with van der Waals surface area (Å²) < 4.78 is 11.1. The first-order chi connectivity index (χ1) is 8.75. The van der Waals surface area contributed by atoms with Gasteiger partial charge < -0.3 is 19.7 Å². The quantitative estimate of drug-likeness (QED) is 0.799. The van der Waals surface area contributed by atoms with Crippen molar-refractivity contribution in [3.8, 4) is 0 Å². The van der Waals surface area contributed by atoms with Crippen LogP contribution in [0.5, 0.6) is 0 Å². The minimum absolute atomic E-state index is 0.527. The maximum atomic E-state index is 5.55. The molecule has 2 rings (SSSR count). The molecule has 3 unspecified atom stereocenters. The van der Waals surface area contributed by atoms with Gasteiger partial charge in [-0.15, -0.1) is 0 Å². The van der Waals surface area contributed by atoms with Gasteiger partial charge in [0.15, 0.2) is 0 Å². The maximum Gasteiger partial charge on any atom is 0.0620 e. The molecule has 0 radical (unpaired) electrons. The third-order valence-electron chi connectivity index (χ3n) is 4.18. The largest absolute Gasteiger partial charge is 0.381 e. The van der Waals surface area contributed by atoms with Gasteiger partial charge in [-0.05, 0) is 39.2 Å². The van der Waals surface area contributed by atoms with Crippen molar-refractivity contribution in [2.24, 2.45) is 5.92 Å². The summed E-state index contributed by atoms with van der Waals surface area (Å²) in [6, 6.07) is 1.13. The summed E-state index contributed by atoms with van der Waals surface area (Å²) >= 11 is 0. The number of nitrogens with one attached hydrogen (secondary N) is 1. The lowest BCUT2D eigenvalue weighted by Gasteiger charge is -2.34. The van der Waals surface area contributed by atoms with Gasteiger partial charge in [0.1, 0.15) is 0 Å². The topological polar surface area (TPSA) is 33.7 Å². The van der Waals surface area contributed by atoms with Crippen LogP contribution in [0.2, 0.25) is 0 Å². The third-order valence-corrected chi connectivity index (χ3v) is 4.18. The minimum Gasteiger partial charge on any atom is -0.381 e. The first kappa shape index (κ1) is 14.3. The molecule has 4 nitrogen and oxygen atoms in total. The Morgan fingerprint density at radius 1 is 1.28 bits per heavy atom. The molecule has 0 saturated carbocycles. The van der Waals surface area contributed by atoms with Crippen molar-refractivity contribution in [1.29, 1.82) is 0 Å². The summed E-state index contributed by atoms with van der Waals surface area (Å²) in [7, 11) is 2.24. The summed E-state index contributed by atoms with van der Waals surface area (Å²) in [5.74, 6) is 0.724. The molecule has 0 aromatic heterocycles. The summed E-state index contributed by atoms with van der Waals surface area (Å²) in [4.78, 5) is 2.48. The second-order valence-electron chi connectivity index (χ2n) is 5.83. The molecule has 2 aliphatic rings. The Morgan fingerprint density at radius 2 is 2.11 bits per heavy atom. The van der Waals surface area contributed by atoms with E-state index < -0.39 is 0 Å². The van der Waals surface area contributed by atoms with Crippen molar-refractivity contribution in [2.75, 3.05) is 46.6 Å². The number of morpholine rings is 1. The van der Waals surface area contributed by atoms with Crippen LogP contribution in [0.15, 0.2) is 0 Å². The molecule has 106 valence electrons. The van der Waals surface area contributed by atoms with E-state index in [-0.39, 0.29) is 0 Å². The molecule has 2 heterocycles. The van der Waals surface area contributed by atoms with Gasteiger partial charge in [0.2, 0.25) is 0 Å².